The van der Waals surface area contributed by atoms with Crippen molar-refractivity contribution in [1.82, 2.24) is 3.11 Å². The Hall–Kier alpha value is -1.45. The normalized spacial score (nSPS) is 10.0. The van der Waals surface area contributed by atoms with Gasteiger partial charge in [0.05, 0.1) is 36.5 Å². The molecule has 0 rings (SSSR count). The number of carbonyl (C=O) groups excluding carboxylic acids is 4. The summed E-state index contributed by atoms with van der Waals surface area (Å²) in [6.45, 7) is 0.205. The number of ether oxygens (including phenoxy) is 2. The third-order valence-electron chi connectivity index (χ3n) is 1.84. The van der Waals surface area contributed by atoms with Crippen LogP contribution in [0.2, 0.25) is 0 Å². The molecule has 0 aliphatic heterocycles. The summed E-state index contributed by atoms with van der Waals surface area (Å²) < 4.78 is 10.4. The van der Waals surface area contributed by atoms with E-state index >= 15 is 0 Å². The van der Waals surface area contributed by atoms with E-state index in [1.54, 1.807) is 22.9 Å². The highest BCUT2D eigenvalue weighted by atomic mass is 127. The van der Waals surface area contributed by atoms with E-state index < -0.39 is 11.9 Å². The van der Waals surface area contributed by atoms with E-state index in [9.17, 15) is 19.2 Å². The fourth-order valence-electron chi connectivity index (χ4n) is 0.907. The quantitative estimate of drug-likeness (QED) is 0.198. The second kappa shape index (κ2) is 10.5. The van der Waals surface area contributed by atoms with Gasteiger partial charge in [-0.15, -0.1) is 0 Å². The summed E-state index contributed by atoms with van der Waals surface area (Å²) >= 11 is 1.78. The number of aldehydes is 1. The molecule has 0 fully saturated rings. The molecule has 0 aromatic carbocycles. The van der Waals surface area contributed by atoms with Gasteiger partial charge in [0.25, 0.3) is 0 Å². The number of carbonyl (C=O) groups is 4. The fraction of sp³-hybridized carbons (Fsp3) is 0.455. The van der Waals surface area contributed by atoms with Crippen molar-refractivity contribution in [2.45, 2.75) is 12.8 Å². The highest BCUT2D eigenvalue weighted by Crippen LogP contribution is 2.03. The third kappa shape index (κ3) is 9.17. The number of amides is 1. The predicted molar refractivity (Wildman–Crippen MR) is 73.1 cm³/mol. The van der Waals surface area contributed by atoms with Crippen LogP contribution in [0.5, 0.6) is 0 Å². The molecule has 19 heavy (non-hydrogen) atoms. The van der Waals surface area contributed by atoms with Gasteiger partial charge in [-0.3, -0.25) is 7.91 Å². The monoisotopic (exact) mass is 383 g/mol. The van der Waals surface area contributed by atoms with Crippen molar-refractivity contribution in [1.29, 1.82) is 0 Å². The van der Waals surface area contributed by atoms with Crippen LogP contribution >= 0.6 is 22.9 Å². The first-order valence-corrected chi connectivity index (χ1v) is 6.30. The number of nitrogens with zero attached hydrogens (tertiary/aromatic N) is 1. The van der Waals surface area contributed by atoms with E-state index in [2.05, 4.69) is 4.74 Å². The molecular formula is C11H14INO6. The average Bonchev–Trinajstić information content (AvgIpc) is 2.41. The molecule has 0 aromatic rings. The first-order chi connectivity index (χ1) is 9.01. The van der Waals surface area contributed by atoms with Gasteiger partial charge in [0.15, 0.2) is 0 Å². The molecule has 1 amide bonds. The van der Waals surface area contributed by atoms with Gasteiger partial charge in [0.1, 0.15) is 12.9 Å². The van der Waals surface area contributed by atoms with Crippen molar-refractivity contribution >= 4 is 47.0 Å². The first kappa shape index (κ1) is 17.6. The summed E-state index contributed by atoms with van der Waals surface area (Å²) in [7, 11) is 1.19. The summed E-state index contributed by atoms with van der Waals surface area (Å²) in [6, 6.07) is 0. The fourth-order valence-corrected chi connectivity index (χ4v) is 1.35. The molecule has 0 spiro atoms. The zero-order chi connectivity index (χ0) is 14.7. The molecule has 0 atom stereocenters. The van der Waals surface area contributed by atoms with Crippen molar-refractivity contribution in [2.24, 2.45) is 0 Å². The summed E-state index contributed by atoms with van der Waals surface area (Å²) in [5.74, 6) is -1.57. The van der Waals surface area contributed by atoms with E-state index in [4.69, 9.17) is 4.74 Å². The minimum atomic E-state index is -0.699. The van der Waals surface area contributed by atoms with Crippen LogP contribution in [0.4, 0.5) is 0 Å². The van der Waals surface area contributed by atoms with E-state index in [1.807, 2.05) is 0 Å². The molecule has 0 N–H and O–H groups in total. The summed E-state index contributed by atoms with van der Waals surface area (Å²) in [6.07, 6.45) is 2.85. The SMILES string of the molecule is COC(=O)/C=C/C(=O)OCCN(I)C(=O)CCC=O. The highest BCUT2D eigenvalue weighted by molar-refractivity contribution is 14.1. The highest BCUT2D eigenvalue weighted by Gasteiger charge is 2.10. The van der Waals surface area contributed by atoms with Crippen molar-refractivity contribution in [3.8, 4) is 0 Å². The van der Waals surface area contributed by atoms with E-state index in [0.29, 0.717) is 6.29 Å². The molecule has 0 aliphatic rings. The van der Waals surface area contributed by atoms with Gasteiger partial charge < -0.3 is 14.3 Å². The minimum Gasteiger partial charge on any atom is -0.466 e. The maximum absolute atomic E-state index is 11.4. The van der Waals surface area contributed by atoms with Gasteiger partial charge in [-0.05, 0) is 0 Å². The lowest BCUT2D eigenvalue weighted by Gasteiger charge is -2.13. The molecule has 8 heteroatoms. The molecule has 106 valence electrons. The van der Waals surface area contributed by atoms with E-state index in [0.717, 1.165) is 12.2 Å². The third-order valence-corrected chi connectivity index (χ3v) is 2.86. The van der Waals surface area contributed by atoms with Crippen molar-refractivity contribution in [3.63, 3.8) is 0 Å². The Kier molecular flexibility index (Phi) is 9.67. The molecule has 0 saturated heterocycles. The molecule has 0 unspecified atom stereocenters. The Morgan fingerprint density at radius 1 is 1.21 bits per heavy atom. The van der Waals surface area contributed by atoms with Crippen LogP contribution in [0.1, 0.15) is 12.8 Å². The zero-order valence-corrected chi connectivity index (χ0v) is 12.5. The van der Waals surface area contributed by atoms with Crippen LogP contribution in [-0.2, 0) is 28.7 Å². The Balaban J connectivity index is 3.86. The van der Waals surface area contributed by atoms with Gasteiger partial charge in [-0.1, -0.05) is 0 Å². The summed E-state index contributed by atoms with van der Waals surface area (Å²) in [5, 5.41) is 0. The molecule has 0 aliphatic carbocycles. The molecule has 0 radical (unpaired) electrons. The Morgan fingerprint density at radius 2 is 1.84 bits per heavy atom. The second-order valence-corrected chi connectivity index (χ2v) is 4.37. The van der Waals surface area contributed by atoms with Gasteiger partial charge in [-0.2, -0.15) is 0 Å². The van der Waals surface area contributed by atoms with Crippen molar-refractivity contribution in [2.75, 3.05) is 20.3 Å². The maximum Gasteiger partial charge on any atom is 0.331 e. The van der Waals surface area contributed by atoms with Crippen LogP contribution < -0.4 is 0 Å². The van der Waals surface area contributed by atoms with E-state index in [1.165, 1.54) is 10.2 Å². The first-order valence-electron chi connectivity index (χ1n) is 5.33. The van der Waals surface area contributed by atoms with Crippen LogP contribution in [0.15, 0.2) is 12.2 Å². The van der Waals surface area contributed by atoms with Gasteiger partial charge in [0.2, 0.25) is 5.91 Å². The maximum atomic E-state index is 11.4. The van der Waals surface area contributed by atoms with Crippen LogP contribution in [-0.4, -0.2) is 47.5 Å². The van der Waals surface area contributed by atoms with Gasteiger partial charge in [0, 0.05) is 25.0 Å². The Morgan fingerprint density at radius 3 is 2.42 bits per heavy atom. The zero-order valence-electron chi connectivity index (χ0n) is 10.3. The van der Waals surface area contributed by atoms with Gasteiger partial charge >= 0.3 is 11.9 Å². The Labute approximate surface area is 124 Å². The van der Waals surface area contributed by atoms with Crippen molar-refractivity contribution < 1.29 is 28.7 Å². The molecule has 0 saturated carbocycles. The standard InChI is InChI=1S/C11H14INO6/c1-18-10(16)4-5-11(17)19-8-6-13(12)9(15)3-2-7-14/h4-5,7H,2-3,6,8H2,1H3/b5-4+. The molecule has 0 bridgehead atoms. The smallest absolute Gasteiger partial charge is 0.331 e. The molecule has 7 nitrogen and oxygen atoms in total. The average molecular weight is 383 g/mol. The summed E-state index contributed by atoms with van der Waals surface area (Å²) in [5.41, 5.74) is 0. The minimum absolute atomic E-state index is 0.000114. The number of hydrogen-bond donors (Lipinski definition) is 0. The Bertz CT molecular complexity index is 368. The van der Waals surface area contributed by atoms with Crippen LogP contribution in [0, 0.1) is 0 Å². The summed E-state index contributed by atoms with van der Waals surface area (Å²) in [4.78, 5) is 43.3. The topological polar surface area (TPSA) is 90.0 Å². The van der Waals surface area contributed by atoms with Gasteiger partial charge in [-0.25, -0.2) is 9.59 Å². The predicted octanol–water partition coefficient (Wildman–Crippen LogP) is 0.416. The lowest BCUT2D eigenvalue weighted by molar-refractivity contribution is -0.140. The number of methoxy groups -OCH3 is 1. The van der Waals surface area contributed by atoms with Crippen molar-refractivity contribution in [3.05, 3.63) is 12.2 Å². The number of rotatable bonds is 8. The van der Waals surface area contributed by atoms with Crippen LogP contribution in [0.25, 0.3) is 0 Å². The molecule has 0 heterocycles. The number of esters is 2. The lowest BCUT2D eigenvalue weighted by atomic mass is 10.3. The van der Waals surface area contributed by atoms with E-state index in [-0.39, 0.29) is 31.9 Å². The van der Waals surface area contributed by atoms with Crippen LogP contribution in [0.3, 0.4) is 0 Å². The number of hydrogen-bond acceptors (Lipinski definition) is 6. The lowest BCUT2D eigenvalue weighted by Crippen LogP contribution is -2.25. The molecule has 0 aromatic heterocycles. The largest absolute Gasteiger partial charge is 0.466 e. The number of halogens is 1. The second-order valence-electron chi connectivity index (χ2n) is 3.21. The molecular weight excluding hydrogens is 369 g/mol.